The lowest BCUT2D eigenvalue weighted by Crippen LogP contribution is -2.17. The van der Waals surface area contributed by atoms with Gasteiger partial charge in [-0.25, -0.2) is 0 Å². The Kier molecular flexibility index (Phi) is 3.87. The van der Waals surface area contributed by atoms with Crippen LogP contribution < -0.4 is 15.2 Å². The van der Waals surface area contributed by atoms with Gasteiger partial charge in [0.2, 0.25) is 0 Å². The molecule has 2 heterocycles. The van der Waals surface area contributed by atoms with Crippen LogP contribution >= 0.6 is 22.9 Å². The highest BCUT2D eigenvalue weighted by Gasteiger charge is 2.20. The predicted octanol–water partition coefficient (Wildman–Crippen LogP) is 3.78. The molecule has 106 valence electrons. The van der Waals surface area contributed by atoms with Crippen molar-refractivity contribution in [1.82, 2.24) is 0 Å². The lowest BCUT2D eigenvalue weighted by molar-refractivity contribution is 0.171. The molecule has 1 aliphatic rings. The lowest BCUT2D eigenvalue weighted by Gasteiger charge is -2.21. The summed E-state index contributed by atoms with van der Waals surface area (Å²) >= 11 is 8.06. The third-order valence-corrected chi connectivity index (χ3v) is 4.97. The predicted molar refractivity (Wildman–Crippen MR) is 82.2 cm³/mol. The first-order valence-electron chi connectivity index (χ1n) is 6.62. The molecule has 0 spiro atoms. The van der Waals surface area contributed by atoms with Crippen LogP contribution in [0, 0.1) is 0 Å². The van der Waals surface area contributed by atoms with Crippen molar-refractivity contribution < 1.29 is 9.47 Å². The topological polar surface area (TPSA) is 44.5 Å². The zero-order chi connectivity index (χ0) is 14.1. The molecule has 2 aromatic rings. The van der Waals surface area contributed by atoms with Gasteiger partial charge in [0.25, 0.3) is 0 Å². The van der Waals surface area contributed by atoms with E-state index in [2.05, 4.69) is 19.1 Å². The van der Waals surface area contributed by atoms with Crippen LogP contribution in [0.1, 0.15) is 28.3 Å². The summed E-state index contributed by atoms with van der Waals surface area (Å²) in [7, 11) is 0. The van der Waals surface area contributed by atoms with Crippen LogP contribution in [0.5, 0.6) is 11.5 Å². The van der Waals surface area contributed by atoms with Gasteiger partial charge in [-0.05, 0) is 30.2 Å². The van der Waals surface area contributed by atoms with Gasteiger partial charge >= 0.3 is 0 Å². The molecule has 0 amide bonds. The van der Waals surface area contributed by atoms with E-state index in [1.807, 2.05) is 6.07 Å². The van der Waals surface area contributed by atoms with Crippen molar-refractivity contribution >= 4 is 22.9 Å². The zero-order valence-corrected chi connectivity index (χ0v) is 12.8. The van der Waals surface area contributed by atoms with Crippen molar-refractivity contribution in [3.8, 4) is 11.5 Å². The van der Waals surface area contributed by atoms with Gasteiger partial charge in [0, 0.05) is 20.8 Å². The van der Waals surface area contributed by atoms with Gasteiger partial charge in [0.15, 0.2) is 11.5 Å². The number of thiophene rings is 1. The number of rotatable bonds is 3. The van der Waals surface area contributed by atoms with Gasteiger partial charge < -0.3 is 15.2 Å². The van der Waals surface area contributed by atoms with Crippen LogP contribution in [0.4, 0.5) is 0 Å². The summed E-state index contributed by atoms with van der Waals surface area (Å²) in [5.74, 6) is 1.41. The van der Waals surface area contributed by atoms with E-state index >= 15 is 0 Å². The fraction of sp³-hybridized carbons (Fsp3) is 0.333. The zero-order valence-electron chi connectivity index (χ0n) is 11.2. The molecule has 0 fully saturated rings. The highest BCUT2D eigenvalue weighted by molar-refractivity contribution is 7.12. The van der Waals surface area contributed by atoms with Crippen molar-refractivity contribution in [2.45, 2.75) is 19.4 Å². The molecular formula is C15H16ClNO2S. The number of halogens is 1. The number of ether oxygens (including phenoxy) is 2. The van der Waals surface area contributed by atoms with Gasteiger partial charge in [-0.15, -0.1) is 11.3 Å². The molecule has 1 aromatic carbocycles. The van der Waals surface area contributed by atoms with E-state index in [0.29, 0.717) is 24.0 Å². The molecule has 3 rings (SSSR count). The lowest BCUT2D eigenvalue weighted by atomic mass is 10.1. The van der Waals surface area contributed by atoms with Crippen LogP contribution in [0.15, 0.2) is 24.3 Å². The molecule has 1 aromatic heterocycles. The van der Waals surface area contributed by atoms with E-state index in [4.69, 9.17) is 26.8 Å². The first-order chi connectivity index (χ1) is 9.69. The van der Waals surface area contributed by atoms with Crippen LogP contribution in [-0.2, 0) is 6.42 Å². The van der Waals surface area contributed by atoms with E-state index in [9.17, 15) is 0 Å². The van der Waals surface area contributed by atoms with Gasteiger partial charge in [-0.3, -0.25) is 0 Å². The summed E-state index contributed by atoms with van der Waals surface area (Å²) in [6.07, 6.45) is 1.02. The summed E-state index contributed by atoms with van der Waals surface area (Å²) in [6, 6.07) is 7.64. The Morgan fingerprint density at radius 2 is 1.95 bits per heavy atom. The molecular weight excluding hydrogens is 294 g/mol. The maximum absolute atomic E-state index is 6.35. The minimum absolute atomic E-state index is 0.233. The molecule has 0 saturated carbocycles. The Balaban J connectivity index is 1.96. The molecule has 0 saturated heterocycles. The SMILES string of the molecule is CCc1ccc(C(N)c2cc3c(cc2Cl)OCCO3)s1. The van der Waals surface area contributed by atoms with E-state index in [1.165, 1.54) is 4.88 Å². The van der Waals surface area contributed by atoms with Gasteiger partial charge in [-0.1, -0.05) is 18.5 Å². The minimum atomic E-state index is -0.233. The Morgan fingerprint density at radius 3 is 2.60 bits per heavy atom. The summed E-state index contributed by atoms with van der Waals surface area (Å²) in [5, 5.41) is 0.619. The first kappa shape index (κ1) is 13.7. The van der Waals surface area contributed by atoms with Crippen LogP contribution in [0.3, 0.4) is 0 Å². The van der Waals surface area contributed by atoms with Gasteiger partial charge in [-0.2, -0.15) is 0 Å². The molecule has 2 N–H and O–H groups in total. The quantitative estimate of drug-likeness (QED) is 0.938. The highest BCUT2D eigenvalue weighted by atomic mass is 35.5. The van der Waals surface area contributed by atoms with Gasteiger partial charge in [0.1, 0.15) is 13.2 Å². The van der Waals surface area contributed by atoms with Crippen molar-refractivity contribution in [3.63, 3.8) is 0 Å². The Hall–Kier alpha value is -1.23. The molecule has 1 aliphatic heterocycles. The molecule has 5 heteroatoms. The number of benzene rings is 1. The third-order valence-electron chi connectivity index (χ3n) is 3.33. The molecule has 1 unspecified atom stereocenters. The van der Waals surface area contributed by atoms with Crippen molar-refractivity contribution in [1.29, 1.82) is 0 Å². The van der Waals surface area contributed by atoms with E-state index in [-0.39, 0.29) is 6.04 Å². The second kappa shape index (κ2) is 5.64. The number of nitrogens with two attached hydrogens (primary N) is 1. The monoisotopic (exact) mass is 309 g/mol. The van der Waals surface area contributed by atoms with Crippen LogP contribution in [0.2, 0.25) is 5.02 Å². The van der Waals surface area contributed by atoms with Crippen molar-refractivity contribution in [2.75, 3.05) is 13.2 Å². The van der Waals surface area contributed by atoms with Gasteiger partial charge in [0.05, 0.1) is 6.04 Å². The minimum Gasteiger partial charge on any atom is -0.486 e. The highest BCUT2D eigenvalue weighted by Crippen LogP contribution is 2.39. The number of hydrogen-bond acceptors (Lipinski definition) is 4. The van der Waals surface area contributed by atoms with E-state index < -0.39 is 0 Å². The maximum atomic E-state index is 6.35. The summed E-state index contributed by atoms with van der Waals surface area (Å²) in [4.78, 5) is 2.43. The summed E-state index contributed by atoms with van der Waals surface area (Å²) in [5.41, 5.74) is 7.22. The molecule has 0 radical (unpaired) electrons. The number of hydrogen-bond donors (Lipinski definition) is 1. The molecule has 0 bridgehead atoms. The number of fused-ring (bicyclic) bond motifs is 1. The fourth-order valence-electron chi connectivity index (χ4n) is 2.22. The second-order valence-corrected chi connectivity index (χ2v) is 6.26. The van der Waals surface area contributed by atoms with Crippen molar-refractivity contribution in [2.24, 2.45) is 5.73 Å². The van der Waals surface area contributed by atoms with E-state index in [1.54, 1.807) is 17.4 Å². The smallest absolute Gasteiger partial charge is 0.162 e. The Bertz CT molecular complexity index is 626. The average Bonchev–Trinajstić information content (AvgIpc) is 2.94. The van der Waals surface area contributed by atoms with Crippen molar-refractivity contribution in [3.05, 3.63) is 44.6 Å². The first-order valence-corrected chi connectivity index (χ1v) is 7.81. The summed E-state index contributed by atoms with van der Waals surface area (Å²) < 4.78 is 11.1. The number of aryl methyl sites for hydroxylation is 1. The standard InChI is InChI=1S/C15H16ClNO2S/c1-2-9-3-4-14(20-9)15(17)10-7-12-13(8-11(10)16)19-6-5-18-12/h3-4,7-8,15H,2,5-6,17H2,1H3. The molecule has 0 aliphatic carbocycles. The second-order valence-electron chi connectivity index (χ2n) is 4.65. The largest absolute Gasteiger partial charge is 0.486 e. The van der Waals surface area contributed by atoms with Crippen LogP contribution in [-0.4, -0.2) is 13.2 Å². The average molecular weight is 310 g/mol. The molecule has 3 nitrogen and oxygen atoms in total. The summed E-state index contributed by atoms with van der Waals surface area (Å²) in [6.45, 7) is 3.25. The molecule has 1 atom stereocenters. The third kappa shape index (κ3) is 2.51. The maximum Gasteiger partial charge on any atom is 0.162 e. The Morgan fingerprint density at radius 1 is 1.25 bits per heavy atom. The normalized spacial score (nSPS) is 15.2. The fourth-order valence-corrected chi connectivity index (χ4v) is 3.47. The van der Waals surface area contributed by atoms with Crippen LogP contribution in [0.25, 0.3) is 0 Å². The van der Waals surface area contributed by atoms with E-state index in [0.717, 1.165) is 22.6 Å². The molecule has 20 heavy (non-hydrogen) atoms. The Labute approximate surface area is 127 Å².